The maximum absolute atomic E-state index is 6.37. The normalized spacial score (nSPS) is 11.5. The molecule has 2 heterocycles. The topological polar surface area (TPSA) is 42.4 Å². The van der Waals surface area contributed by atoms with Crippen LogP contribution in [0.5, 0.6) is 0 Å². The summed E-state index contributed by atoms with van der Waals surface area (Å²) >= 11 is 0. The first-order valence-electron chi connectivity index (χ1n) is 17.1. The largest absolute Gasteiger partial charge is 0.456 e. The van der Waals surface area contributed by atoms with Gasteiger partial charge < -0.3 is 13.7 Å². The third-order valence-electron chi connectivity index (χ3n) is 9.70. The Bertz CT molecular complexity index is 2860. The molecule has 0 saturated carbocycles. The molecule has 0 bridgehead atoms. The van der Waals surface area contributed by atoms with Gasteiger partial charge in [-0.3, -0.25) is 0 Å². The molecule has 0 aliphatic rings. The Morgan fingerprint density at radius 3 is 1.98 bits per heavy atom. The molecule has 10 aromatic rings. The van der Waals surface area contributed by atoms with Crippen molar-refractivity contribution in [2.75, 3.05) is 4.90 Å². The molecule has 0 unspecified atom stereocenters. The molecule has 0 fully saturated rings. The minimum Gasteiger partial charge on any atom is -0.456 e. The van der Waals surface area contributed by atoms with Gasteiger partial charge in [-0.2, -0.15) is 0 Å². The molecule has 0 atom stereocenters. The summed E-state index contributed by atoms with van der Waals surface area (Å²) in [5.74, 6) is 0.618. The summed E-state index contributed by atoms with van der Waals surface area (Å²) in [7, 11) is 0. The van der Waals surface area contributed by atoms with E-state index < -0.39 is 0 Å². The van der Waals surface area contributed by atoms with Crippen LogP contribution in [-0.2, 0) is 0 Å². The summed E-state index contributed by atoms with van der Waals surface area (Å²) in [5.41, 5.74) is 11.9. The zero-order chi connectivity index (χ0) is 33.7. The molecule has 0 amide bonds. The number of hydrogen-bond acceptors (Lipinski definition) is 4. The van der Waals surface area contributed by atoms with Gasteiger partial charge in [-0.15, -0.1) is 0 Å². The van der Waals surface area contributed by atoms with Gasteiger partial charge in [0.2, 0.25) is 5.89 Å². The van der Waals surface area contributed by atoms with Crippen molar-refractivity contribution in [1.82, 2.24) is 4.98 Å². The predicted octanol–water partition coefficient (Wildman–Crippen LogP) is 13.4. The van der Waals surface area contributed by atoms with E-state index in [-0.39, 0.29) is 0 Å². The lowest BCUT2D eigenvalue weighted by Crippen LogP contribution is -2.10. The highest BCUT2D eigenvalue weighted by molar-refractivity contribution is 6.13. The second kappa shape index (κ2) is 11.9. The lowest BCUT2D eigenvalue weighted by molar-refractivity contribution is 0.620. The SMILES string of the molecule is c1ccc(-c2nc3c(-c4ccc(N(c5cccc(-c6cccc7ccccc67)c5)c5cccc6oc7ccccc7c56)cc4)cccc3o2)cc1. The highest BCUT2D eigenvalue weighted by atomic mass is 16.3. The van der Waals surface area contributed by atoms with Crippen molar-refractivity contribution < 1.29 is 8.83 Å². The van der Waals surface area contributed by atoms with Crippen molar-refractivity contribution in [3.8, 4) is 33.7 Å². The standard InChI is InChI=1S/C47H30N2O2/c1-2-13-33(14-3-1)47-48-46-39(21-10-25-44(46)51-47)32-26-28-35(29-27-32)49(41-22-11-24-43-45(41)40-19-6-7-23-42(40)50-43)36-17-8-16-34(30-36)38-20-9-15-31-12-4-5-18-37(31)38/h1-30H. The lowest BCUT2D eigenvalue weighted by Gasteiger charge is -2.27. The van der Waals surface area contributed by atoms with Crippen molar-refractivity contribution >= 4 is 60.9 Å². The van der Waals surface area contributed by atoms with Crippen molar-refractivity contribution in [2.24, 2.45) is 0 Å². The number of benzene rings is 8. The molecule has 0 aliphatic heterocycles. The third kappa shape index (κ3) is 4.96. The number of rotatable bonds is 6. The molecule has 51 heavy (non-hydrogen) atoms. The first-order valence-corrected chi connectivity index (χ1v) is 17.1. The van der Waals surface area contributed by atoms with Crippen LogP contribution in [0.3, 0.4) is 0 Å². The average molecular weight is 655 g/mol. The van der Waals surface area contributed by atoms with Crippen molar-refractivity contribution in [2.45, 2.75) is 0 Å². The van der Waals surface area contributed by atoms with E-state index in [1.165, 1.54) is 16.3 Å². The van der Waals surface area contributed by atoms with Crippen LogP contribution in [0.25, 0.3) is 77.5 Å². The fraction of sp³-hybridized carbons (Fsp3) is 0. The van der Waals surface area contributed by atoms with E-state index in [0.29, 0.717) is 5.89 Å². The van der Waals surface area contributed by atoms with Crippen LogP contribution in [-0.4, -0.2) is 4.98 Å². The molecule has 0 N–H and O–H groups in total. The van der Waals surface area contributed by atoms with Gasteiger partial charge in [-0.1, -0.05) is 121 Å². The Morgan fingerprint density at radius 2 is 1.08 bits per heavy atom. The van der Waals surface area contributed by atoms with Crippen molar-refractivity contribution in [1.29, 1.82) is 0 Å². The van der Waals surface area contributed by atoms with E-state index in [1.807, 2.05) is 54.6 Å². The maximum Gasteiger partial charge on any atom is 0.227 e. The smallest absolute Gasteiger partial charge is 0.227 e. The highest BCUT2D eigenvalue weighted by Gasteiger charge is 2.21. The van der Waals surface area contributed by atoms with E-state index in [0.717, 1.165) is 72.4 Å². The van der Waals surface area contributed by atoms with E-state index in [2.05, 4.69) is 132 Å². The number of fused-ring (bicyclic) bond motifs is 5. The summed E-state index contributed by atoms with van der Waals surface area (Å²) in [6.45, 7) is 0. The minimum absolute atomic E-state index is 0.618. The van der Waals surface area contributed by atoms with Gasteiger partial charge >= 0.3 is 0 Å². The first-order chi connectivity index (χ1) is 25.3. The van der Waals surface area contributed by atoms with Gasteiger partial charge in [0.25, 0.3) is 0 Å². The number of aromatic nitrogens is 1. The third-order valence-corrected chi connectivity index (χ3v) is 9.70. The van der Waals surface area contributed by atoms with Crippen LogP contribution in [0.15, 0.2) is 191 Å². The summed E-state index contributed by atoms with van der Waals surface area (Å²) in [5, 5.41) is 4.62. The Hall–Kier alpha value is -6.91. The second-order valence-corrected chi connectivity index (χ2v) is 12.7. The van der Waals surface area contributed by atoms with Crippen LogP contribution in [0, 0.1) is 0 Å². The van der Waals surface area contributed by atoms with Crippen LogP contribution in [0.2, 0.25) is 0 Å². The number of anilines is 3. The van der Waals surface area contributed by atoms with E-state index >= 15 is 0 Å². The van der Waals surface area contributed by atoms with E-state index in [1.54, 1.807) is 0 Å². The monoisotopic (exact) mass is 654 g/mol. The fourth-order valence-corrected chi connectivity index (χ4v) is 7.33. The molecule has 10 rings (SSSR count). The quantitative estimate of drug-likeness (QED) is 0.179. The van der Waals surface area contributed by atoms with Gasteiger partial charge in [0.15, 0.2) is 5.58 Å². The summed E-state index contributed by atoms with van der Waals surface area (Å²) in [6, 6.07) is 63.4. The van der Waals surface area contributed by atoms with Crippen LogP contribution < -0.4 is 4.90 Å². The number of hydrogen-bond donors (Lipinski definition) is 0. The van der Waals surface area contributed by atoms with E-state index in [9.17, 15) is 0 Å². The van der Waals surface area contributed by atoms with Crippen molar-refractivity contribution in [3.63, 3.8) is 0 Å². The van der Waals surface area contributed by atoms with Gasteiger partial charge in [0, 0.05) is 27.9 Å². The number of oxazole rings is 1. The molecule has 8 aromatic carbocycles. The van der Waals surface area contributed by atoms with Crippen LogP contribution in [0.4, 0.5) is 17.1 Å². The second-order valence-electron chi connectivity index (χ2n) is 12.7. The number of nitrogens with zero attached hydrogens (tertiary/aromatic N) is 2. The van der Waals surface area contributed by atoms with Gasteiger partial charge in [-0.25, -0.2) is 4.98 Å². The zero-order valence-corrected chi connectivity index (χ0v) is 27.5. The van der Waals surface area contributed by atoms with Crippen molar-refractivity contribution in [3.05, 3.63) is 182 Å². The summed E-state index contributed by atoms with van der Waals surface area (Å²) < 4.78 is 12.6. The molecule has 0 spiro atoms. The zero-order valence-electron chi connectivity index (χ0n) is 27.5. The molecule has 4 nitrogen and oxygen atoms in total. The molecule has 4 heteroatoms. The highest BCUT2D eigenvalue weighted by Crippen LogP contribution is 2.44. The molecular formula is C47H30N2O2. The minimum atomic E-state index is 0.618. The predicted molar refractivity (Wildman–Crippen MR) is 210 cm³/mol. The van der Waals surface area contributed by atoms with Gasteiger partial charge in [-0.05, 0) is 88.1 Å². The number of furan rings is 1. The number of para-hydroxylation sites is 2. The molecule has 0 saturated heterocycles. The molecule has 0 radical (unpaired) electrons. The van der Waals surface area contributed by atoms with Crippen LogP contribution >= 0.6 is 0 Å². The van der Waals surface area contributed by atoms with Gasteiger partial charge in [0.1, 0.15) is 16.7 Å². The lowest BCUT2D eigenvalue weighted by atomic mass is 9.97. The molecule has 0 aliphatic carbocycles. The van der Waals surface area contributed by atoms with E-state index in [4.69, 9.17) is 13.8 Å². The summed E-state index contributed by atoms with van der Waals surface area (Å²) in [6.07, 6.45) is 0. The molecule has 2 aromatic heterocycles. The molecule has 240 valence electrons. The summed E-state index contributed by atoms with van der Waals surface area (Å²) in [4.78, 5) is 7.28. The molecular weight excluding hydrogens is 625 g/mol. The Balaban J connectivity index is 1.14. The first kappa shape index (κ1) is 29.0. The van der Waals surface area contributed by atoms with Crippen LogP contribution in [0.1, 0.15) is 0 Å². The Labute approximate surface area is 294 Å². The van der Waals surface area contributed by atoms with Gasteiger partial charge in [0.05, 0.1) is 11.1 Å². The Morgan fingerprint density at radius 1 is 0.412 bits per heavy atom. The fourth-order valence-electron chi connectivity index (χ4n) is 7.33. The average Bonchev–Trinajstić information content (AvgIpc) is 3.81. The Kier molecular flexibility index (Phi) is 6.78. The maximum atomic E-state index is 6.37.